The Labute approximate surface area is 81.0 Å². The number of carbonyl (C=O) groups is 1. The standard InChI is InChI=1S/C6H6N2O3.Li/c1-11-4-2-3-7-5(8-4)6(9)10;/h2-3H,1H3,(H,9,10);/q;+1/p-1. The van der Waals surface area contributed by atoms with Gasteiger partial charge >= 0.3 is 18.9 Å². The van der Waals surface area contributed by atoms with E-state index in [0.717, 1.165) is 0 Å². The van der Waals surface area contributed by atoms with E-state index >= 15 is 0 Å². The molecule has 0 bridgehead atoms. The van der Waals surface area contributed by atoms with Crippen LogP contribution in [0.2, 0.25) is 0 Å². The van der Waals surface area contributed by atoms with Crippen molar-refractivity contribution in [1.82, 2.24) is 9.97 Å². The van der Waals surface area contributed by atoms with Gasteiger partial charge < -0.3 is 14.6 Å². The van der Waals surface area contributed by atoms with E-state index in [1.54, 1.807) is 0 Å². The minimum absolute atomic E-state index is 0. The van der Waals surface area contributed by atoms with Gasteiger partial charge in [0.2, 0.25) is 5.88 Å². The van der Waals surface area contributed by atoms with Crippen molar-refractivity contribution >= 4 is 5.97 Å². The molecule has 1 aromatic rings. The molecule has 58 valence electrons. The Morgan fingerprint density at radius 3 is 2.83 bits per heavy atom. The molecule has 0 unspecified atom stereocenters. The summed E-state index contributed by atoms with van der Waals surface area (Å²) in [6, 6.07) is 1.45. The Morgan fingerprint density at radius 1 is 1.67 bits per heavy atom. The van der Waals surface area contributed by atoms with Gasteiger partial charge in [0.1, 0.15) is 5.97 Å². The molecule has 0 aliphatic carbocycles. The van der Waals surface area contributed by atoms with Crippen LogP contribution in [0, 0.1) is 0 Å². The maximum absolute atomic E-state index is 10.2. The van der Waals surface area contributed by atoms with Gasteiger partial charge in [-0.25, -0.2) is 4.98 Å². The van der Waals surface area contributed by atoms with Gasteiger partial charge in [-0.2, -0.15) is 4.98 Å². The van der Waals surface area contributed by atoms with Gasteiger partial charge in [0.05, 0.1) is 7.11 Å². The first-order valence-corrected chi connectivity index (χ1v) is 2.82. The molecule has 6 heteroatoms. The number of carboxylic acids is 1. The molecule has 0 saturated carbocycles. The van der Waals surface area contributed by atoms with Gasteiger partial charge in [-0.3, -0.25) is 0 Å². The maximum Gasteiger partial charge on any atom is 1.00 e. The number of ether oxygens (including phenoxy) is 1. The quantitative estimate of drug-likeness (QED) is 0.410. The van der Waals surface area contributed by atoms with Crippen molar-refractivity contribution in [3.63, 3.8) is 0 Å². The Balaban J connectivity index is 0.00000121. The van der Waals surface area contributed by atoms with Crippen LogP contribution in [-0.4, -0.2) is 23.0 Å². The summed E-state index contributed by atoms with van der Waals surface area (Å²) < 4.78 is 4.66. The fourth-order valence-electron chi connectivity index (χ4n) is 0.554. The predicted molar refractivity (Wildman–Crippen MR) is 32.9 cm³/mol. The van der Waals surface area contributed by atoms with Gasteiger partial charge in [-0.05, 0) is 0 Å². The van der Waals surface area contributed by atoms with E-state index in [4.69, 9.17) is 0 Å². The van der Waals surface area contributed by atoms with E-state index in [1.807, 2.05) is 0 Å². The van der Waals surface area contributed by atoms with Gasteiger partial charge in [-0.1, -0.05) is 0 Å². The van der Waals surface area contributed by atoms with Crippen LogP contribution in [0.4, 0.5) is 0 Å². The number of rotatable bonds is 2. The molecule has 1 rings (SSSR count). The number of hydrogen-bond donors (Lipinski definition) is 0. The van der Waals surface area contributed by atoms with Gasteiger partial charge in [-0.15, -0.1) is 0 Å². The molecule has 0 atom stereocenters. The molecule has 0 radical (unpaired) electrons. The molecule has 0 fully saturated rings. The normalized spacial score (nSPS) is 8.42. The van der Waals surface area contributed by atoms with Gasteiger partial charge in [0.25, 0.3) is 0 Å². The summed E-state index contributed by atoms with van der Waals surface area (Å²) in [5, 5.41) is 10.2. The van der Waals surface area contributed by atoms with E-state index in [-0.39, 0.29) is 30.6 Å². The molecule has 12 heavy (non-hydrogen) atoms. The first-order chi connectivity index (χ1) is 5.24. The number of hydrogen-bond acceptors (Lipinski definition) is 5. The van der Waals surface area contributed by atoms with Crippen molar-refractivity contribution in [3.8, 4) is 5.88 Å². The number of aromatic carboxylic acids is 1. The minimum Gasteiger partial charge on any atom is -0.541 e. The number of aromatic nitrogens is 2. The molecule has 5 nitrogen and oxygen atoms in total. The number of carboxylic acid groups (broad SMARTS) is 1. The molecule has 1 heterocycles. The van der Waals surface area contributed by atoms with Crippen LogP contribution >= 0.6 is 0 Å². The van der Waals surface area contributed by atoms with E-state index in [0.29, 0.717) is 0 Å². The summed E-state index contributed by atoms with van der Waals surface area (Å²) in [5.41, 5.74) is 0. The van der Waals surface area contributed by atoms with Crippen molar-refractivity contribution in [1.29, 1.82) is 0 Å². The molecule has 0 aliphatic heterocycles. The molecule has 0 spiro atoms. The van der Waals surface area contributed by atoms with Gasteiger partial charge in [0.15, 0.2) is 5.82 Å². The average molecular weight is 160 g/mol. The molecule has 0 amide bonds. The summed E-state index contributed by atoms with van der Waals surface area (Å²) in [5.74, 6) is -1.58. The second-order valence-corrected chi connectivity index (χ2v) is 1.71. The summed E-state index contributed by atoms with van der Waals surface area (Å²) in [6.07, 6.45) is 1.29. The SMILES string of the molecule is COc1ccnc(C(=O)[O-])n1.[Li+]. The Bertz CT molecular complexity index is 279. The van der Waals surface area contributed by atoms with Crippen LogP contribution < -0.4 is 28.7 Å². The molecular weight excluding hydrogens is 155 g/mol. The first kappa shape index (κ1) is 10.9. The van der Waals surface area contributed by atoms with Crippen LogP contribution in [0.3, 0.4) is 0 Å². The zero-order chi connectivity index (χ0) is 8.27. The number of carbonyl (C=O) groups excluding carboxylic acids is 1. The van der Waals surface area contributed by atoms with Crippen LogP contribution in [-0.2, 0) is 0 Å². The van der Waals surface area contributed by atoms with E-state index in [1.165, 1.54) is 19.4 Å². The van der Waals surface area contributed by atoms with Crippen molar-refractivity contribution in [2.45, 2.75) is 0 Å². The van der Waals surface area contributed by atoms with E-state index in [9.17, 15) is 9.90 Å². The average Bonchev–Trinajstić information content (AvgIpc) is 2.05. The molecule has 0 aliphatic rings. The van der Waals surface area contributed by atoms with E-state index in [2.05, 4.69) is 14.7 Å². The monoisotopic (exact) mass is 160 g/mol. The van der Waals surface area contributed by atoms with Gasteiger partial charge in [0, 0.05) is 12.3 Å². The second-order valence-electron chi connectivity index (χ2n) is 1.71. The maximum atomic E-state index is 10.2. The first-order valence-electron chi connectivity index (χ1n) is 2.82. The van der Waals surface area contributed by atoms with Crippen molar-refractivity contribution in [2.24, 2.45) is 0 Å². The Kier molecular flexibility index (Phi) is 4.33. The predicted octanol–water partition coefficient (Wildman–Crippen LogP) is -4.15. The molecule has 0 aromatic carbocycles. The third-order valence-corrected chi connectivity index (χ3v) is 1.02. The largest absolute Gasteiger partial charge is 1.00 e. The smallest absolute Gasteiger partial charge is 0.541 e. The Morgan fingerprint density at radius 2 is 2.33 bits per heavy atom. The zero-order valence-corrected chi connectivity index (χ0v) is 6.77. The third-order valence-electron chi connectivity index (χ3n) is 1.02. The Hall–Kier alpha value is -1.05. The van der Waals surface area contributed by atoms with Crippen LogP contribution in [0.1, 0.15) is 10.6 Å². The topological polar surface area (TPSA) is 75.1 Å². The van der Waals surface area contributed by atoms with Crippen molar-refractivity contribution < 1.29 is 33.5 Å². The summed E-state index contributed by atoms with van der Waals surface area (Å²) in [6.45, 7) is 0. The summed E-state index contributed by atoms with van der Waals surface area (Å²) in [4.78, 5) is 17.1. The summed E-state index contributed by atoms with van der Waals surface area (Å²) >= 11 is 0. The minimum atomic E-state index is -1.41. The second kappa shape index (κ2) is 4.75. The van der Waals surface area contributed by atoms with Crippen molar-refractivity contribution in [2.75, 3.05) is 7.11 Å². The zero-order valence-electron chi connectivity index (χ0n) is 6.77. The molecule has 0 saturated heterocycles. The van der Waals surface area contributed by atoms with Crippen LogP contribution in [0.15, 0.2) is 12.3 Å². The number of nitrogens with zero attached hydrogens (tertiary/aromatic N) is 2. The fraction of sp³-hybridized carbons (Fsp3) is 0.167. The third kappa shape index (κ3) is 2.53. The van der Waals surface area contributed by atoms with E-state index < -0.39 is 5.97 Å². The van der Waals surface area contributed by atoms with Crippen LogP contribution in [0.5, 0.6) is 5.88 Å². The fourth-order valence-corrected chi connectivity index (χ4v) is 0.554. The van der Waals surface area contributed by atoms with Crippen LogP contribution in [0.25, 0.3) is 0 Å². The molecule has 1 aromatic heterocycles. The molecular formula is C6H5LiN2O3. The van der Waals surface area contributed by atoms with Crippen molar-refractivity contribution in [3.05, 3.63) is 18.1 Å². The number of methoxy groups -OCH3 is 1. The summed E-state index contributed by atoms with van der Waals surface area (Å²) in [7, 11) is 1.39. The molecule has 0 N–H and O–H groups in total.